The molecule has 0 aromatic carbocycles. The lowest BCUT2D eigenvalue weighted by Crippen LogP contribution is -2.40. The molecule has 1 saturated heterocycles. The van der Waals surface area contributed by atoms with Crippen LogP contribution in [0.1, 0.15) is 26.7 Å². The second-order valence-corrected chi connectivity index (χ2v) is 6.89. The molecule has 1 aliphatic rings. The molecule has 0 aromatic rings. The summed E-state index contributed by atoms with van der Waals surface area (Å²) in [6, 6.07) is 0. The molecule has 1 aliphatic heterocycles. The van der Waals surface area contributed by atoms with E-state index in [1.165, 1.54) is 12.7 Å². The van der Waals surface area contributed by atoms with Crippen LogP contribution in [0.5, 0.6) is 0 Å². The normalized spacial score (nSPS) is 25.6. The van der Waals surface area contributed by atoms with Crippen LogP contribution in [0.15, 0.2) is 0 Å². The number of hydrogen-bond donors (Lipinski definition) is 0. The molecule has 84 valence electrons. The largest absolute Gasteiger partial charge is 0.290 e. The molecular formula is C10H21NO2S. The van der Waals surface area contributed by atoms with Crippen molar-refractivity contribution in [3.63, 3.8) is 0 Å². The number of sulfone groups is 1. The van der Waals surface area contributed by atoms with Crippen LogP contribution in [0, 0.1) is 11.8 Å². The van der Waals surface area contributed by atoms with E-state index in [9.17, 15) is 8.42 Å². The Bertz CT molecular complexity index is 272. The molecule has 0 saturated carbocycles. The minimum Gasteiger partial charge on any atom is -0.290 e. The number of rotatable bonds is 3. The Labute approximate surface area is 87.4 Å². The number of likely N-dealkylation sites (tertiary alicyclic amines) is 1. The summed E-state index contributed by atoms with van der Waals surface area (Å²) in [5.41, 5.74) is 0. The molecule has 0 N–H and O–H groups in total. The summed E-state index contributed by atoms with van der Waals surface area (Å²) >= 11 is 0. The van der Waals surface area contributed by atoms with Crippen LogP contribution in [-0.4, -0.2) is 38.5 Å². The van der Waals surface area contributed by atoms with E-state index in [4.69, 9.17) is 0 Å². The van der Waals surface area contributed by atoms with Gasteiger partial charge in [-0.05, 0) is 31.2 Å². The lowest BCUT2D eigenvalue weighted by atomic mass is 9.88. The Balaban J connectivity index is 2.48. The topological polar surface area (TPSA) is 37.4 Å². The van der Waals surface area contributed by atoms with E-state index >= 15 is 0 Å². The van der Waals surface area contributed by atoms with Gasteiger partial charge in [0.25, 0.3) is 0 Å². The minimum atomic E-state index is -2.85. The summed E-state index contributed by atoms with van der Waals surface area (Å²) in [6.07, 6.45) is 3.70. The third kappa shape index (κ3) is 3.96. The van der Waals surface area contributed by atoms with Crippen molar-refractivity contribution < 1.29 is 8.42 Å². The lowest BCUT2D eigenvalue weighted by molar-refractivity contribution is 0.165. The molecule has 0 aliphatic carbocycles. The van der Waals surface area contributed by atoms with Gasteiger partial charge in [-0.2, -0.15) is 0 Å². The van der Waals surface area contributed by atoms with Gasteiger partial charge in [0, 0.05) is 12.8 Å². The Morgan fingerprint density at radius 1 is 1.43 bits per heavy atom. The molecule has 0 spiro atoms. The van der Waals surface area contributed by atoms with Gasteiger partial charge in [-0.1, -0.05) is 13.8 Å². The highest BCUT2D eigenvalue weighted by molar-refractivity contribution is 7.90. The SMILES string of the molecule is CC(C)[C@@H]1CCCN(CS(C)(=O)=O)C1. The highest BCUT2D eigenvalue weighted by Crippen LogP contribution is 2.23. The zero-order chi connectivity index (χ0) is 10.8. The van der Waals surface area contributed by atoms with Gasteiger partial charge in [-0.3, -0.25) is 4.90 Å². The second-order valence-electron chi connectivity index (χ2n) is 4.78. The van der Waals surface area contributed by atoms with Gasteiger partial charge in [-0.25, -0.2) is 8.42 Å². The van der Waals surface area contributed by atoms with Crippen LogP contribution in [0.3, 0.4) is 0 Å². The van der Waals surface area contributed by atoms with E-state index < -0.39 is 9.84 Å². The molecule has 0 radical (unpaired) electrons. The lowest BCUT2D eigenvalue weighted by Gasteiger charge is -2.34. The van der Waals surface area contributed by atoms with Gasteiger partial charge in [0.05, 0.1) is 0 Å². The maximum Gasteiger partial charge on any atom is 0.160 e. The van der Waals surface area contributed by atoms with Crippen molar-refractivity contribution in [3.05, 3.63) is 0 Å². The summed E-state index contributed by atoms with van der Waals surface area (Å²) < 4.78 is 22.3. The number of hydrogen-bond acceptors (Lipinski definition) is 3. The van der Waals surface area contributed by atoms with Crippen molar-refractivity contribution in [1.82, 2.24) is 4.90 Å². The maximum absolute atomic E-state index is 11.1. The minimum absolute atomic E-state index is 0.232. The van der Waals surface area contributed by atoms with Crippen LogP contribution in [0.4, 0.5) is 0 Å². The summed E-state index contributed by atoms with van der Waals surface area (Å²) in [5, 5.41) is 0. The summed E-state index contributed by atoms with van der Waals surface area (Å²) in [7, 11) is -2.85. The van der Waals surface area contributed by atoms with E-state index in [1.807, 2.05) is 0 Å². The summed E-state index contributed by atoms with van der Waals surface area (Å²) in [4.78, 5) is 2.07. The molecule has 4 heteroatoms. The Kier molecular flexibility index (Phi) is 3.95. The Morgan fingerprint density at radius 3 is 2.57 bits per heavy atom. The van der Waals surface area contributed by atoms with Gasteiger partial charge in [0.15, 0.2) is 9.84 Å². The molecule has 0 amide bonds. The fraction of sp³-hybridized carbons (Fsp3) is 1.00. The first-order valence-corrected chi connectivity index (χ1v) is 7.34. The predicted octanol–water partition coefficient (Wildman–Crippen LogP) is 1.36. The average molecular weight is 219 g/mol. The quantitative estimate of drug-likeness (QED) is 0.719. The second kappa shape index (κ2) is 4.62. The fourth-order valence-electron chi connectivity index (χ4n) is 2.08. The molecule has 3 nitrogen and oxygen atoms in total. The average Bonchev–Trinajstić information content (AvgIpc) is 2.01. The monoisotopic (exact) mass is 219 g/mol. The van der Waals surface area contributed by atoms with Gasteiger partial charge in [0.1, 0.15) is 5.88 Å². The summed E-state index contributed by atoms with van der Waals surface area (Å²) in [6.45, 7) is 6.32. The van der Waals surface area contributed by atoms with Crippen LogP contribution in [0.25, 0.3) is 0 Å². The molecule has 0 bridgehead atoms. The third-order valence-electron chi connectivity index (χ3n) is 2.90. The highest BCUT2D eigenvalue weighted by atomic mass is 32.2. The molecule has 1 heterocycles. The molecule has 0 unspecified atom stereocenters. The predicted molar refractivity (Wildman–Crippen MR) is 58.8 cm³/mol. The standard InChI is InChI=1S/C10H21NO2S/c1-9(2)10-5-4-6-11(7-10)8-14(3,12)13/h9-10H,4-8H2,1-3H3/t10-/m1/s1. The zero-order valence-corrected chi connectivity index (χ0v) is 10.2. The molecule has 14 heavy (non-hydrogen) atoms. The highest BCUT2D eigenvalue weighted by Gasteiger charge is 2.23. The molecule has 1 fully saturated rings. The maximum atomic E-state index is 11.1. The van der Waals surface area contributed by atoms with Gasteiger partial charge >= 0.3 is 0 Å². The van der Waals surface area contributed by atoms with Crippen LogP contribution < -0.4 is 0 Å². The van der Waals surface area contributed by atoms with E-state index in [1.54, 1.807) is 0 Å². The van der Waals surface area contributed by atoms with E-state index in [-0.39, 0.29) is 5.88 Å². The Morgan fingerprint density at radius 2 is 2.07 bits per heavy atom. The van der Waals surface area contributed by atoms with Crippen LogP contribution >= 0.6 is 0 Å². The van der Waals surface area contributed by atoms with Crippen molar-refractivity contribution >= 4 is 9.84 Å². The summed E-state index contributed by atoms with van der Waals surface area (Å²) in [5.74, 6) is 1.57. The first kappa shape index (κ1) is 12.0. The van der Waals surface area contributed by atoms with Crippen molar-refractivity contribution in [1.29, 1.82) is 0 Å². The van der Waals surface area contributed by atoms with E-state index in [0.29, 0.717) is 11.8 Å². The van der Waals surface area contributed by atoms with Crippen molar-refractivity contribution in [2.24, 2.45) is 11.8 Å². The number of nitrogens with zero attached hydrogens (tertiary/aromatic N) is 1. The van der Waals surface area contributed by atoms with E-state index in [0.717, 1.165) is 19.5 Å². The van der Waals surface area contributed by atoms with E-state index in [2.05, 4.69) is 18.7 Å². The van der Waals surface area contributed by atoms with Crippen molar-refractivity contribution in [3.8, 4) is 0 Å². The molecule has 1 atom stereocenters. The molecular weight excluding hydrogens is 198 g/mol. The fourth-order valence-corrected chi connectivity index (χ4v) is 2.98. The van der Waals surface area contributed by atoms with Crippen LogP contribution in [-0.2, 0) is 9.84 Å². The first-order chi connectivity index (χ1) is 6.38. The molecule has 0 aromatic heterocycles. The first-order valence-electron chi connectivity index (χ1n) is 5.28. The third-order valence-corrected chi connectivity index (χ3v) is 3.74. The smallest absolute Gasteiger partial charge is 0.160 e. The van der Waals surface area contributed by atoms with Crippen molar-refractivity contribution in [2.45, 2.75) is 26.7 Å². The van der Waals surface area contributed by atoms with Crippen LogP contribution in [0.2, 0.25) is 0 Å². The van der Waals surface area contributed by atoms with Gasteiger partial charge in [0.2, 0.25) is 0 Å². The number of piperidine rings is 1. The van der Waals surface area contributed by atoms with Gasteiger partial charge in [-0.15, -0.1) is 0 Å². The zero-order valence-electron chi connectivity index (χ0n) is 9.36. The molecule has 1 rings (SSSR count). The van der Waals surface area contributed by atoms with Crippen molar-refractivity contribution in [2.75, 3.05) is 25.2 Å². The Hall–Kier alpha value is -0.0900. The van der Waals surface area contributed by atoms with Gasteiger partial charge < -0.3 is 0 Å².